The standard InChI is InChI=1S/C19H23N5OS2/c1-11-5-6-13-14(9-11)27-18-16(13)17-21-22-19(24(17)12(2)20-18)26-10-15(25)23-7-3-4-8-23/h11H,3-10H2,1-2H3. The third kappa shape index (κ3) is 2.93. The molecule has 1 saturated heterocycles. The summed E-state index contributed by atoms with van der Waals surface area (Å²) in [6, 6.07) is 0. The minimum Gasteiger partial charge on any atom is -0.342 e. The van der Waals surface area contributed by atoms with Gasteiger partial charge in [-0.1, -0.05) is 18.7 Å². The highest BCUT2D eigenvalue weighted by Crippen LogP contribution is 2.39. The maximum absolute atomic E-state index is 12.4. The van der Waals surface area contributed by atoms with Crippen molar-refractivity contribution in [1.29, 1.82) is 0 Å². The van der Waals surface area contributed by atoms with E-state index in [2.05, 4.69) is 17.1 Å². The Morgan fingerprint density at radius 1 is 1.30 bits per heavy atom. The predicted molar refractivity (Wildman–Crippen MR) is 109 cm³/mol. The molecule has 2 aliphatic rings. The Hall–Kier alpha value is -1.67. The molecule has 5 rings (SSSR count). The molecule has 0 bridgehead atoms. The number of amides is 1. The van der Waals surface area contributed by atoms with Gasteiger partial charge < -0.3 is 4.90 Å². The fourth-order valence-corrected chi connectivity index (χ4v) is 6.55. The Morgan fingerprint density at radius 2 is 2.11 bits per heavy atom. The number of nitrogens with zero attached hydrogens (tertiary/aromatic N) is 5. The van der Waals surface area contributed by atoms with Gasteiger partial charge in [-0.3, -0.25) is 9.20 Å². The van der Waals surface area contributed by atoms with Crippen LogP contribution >= 0.6 is 23.1 Å². The predicted octanol–water partition coefficient (Wildman–Crippen LogP) is 3.49. The van der Waals surface area contributed by atoms with Gasteiger partial charge in [-0.15, -0.1) is 21.5 Å². The van der Waals surface area contributed by atoms with E-state index in [1.165, 1.54) is 34.0 Å². The van der Waals surface area contributed by atoms with Crippen LogP contribution in [0.15, 0.2) is 5.16 Å². The maximum atomic E-state index is 12.4. The Bertz CT molecular complexity index is 1030. The average Bonchev–Trinajstić information content (AvgIpc) is 3.37. The van der Waals surface area contributed by atoms with E-state index in [0.717, 1.165) is 66.1 Å². The molecule has 0 N–H and O–H groups in total. The maximum Gasteiger partial charge on any atom is 0.233 e. The molecule has 4 heterocycles. The van der Waals surface area contributed by atoms with E-state index in [4.69, 9.17) is 4.98 Å². The van der Waals surface area contributed by atoms with E-state index < -0.39 is 0 Å². The van der Waals surface area contributed by atoms with Gasteiger partial charge in [0, 0.05) is 18.0 Å². The van der Waals surface area contributed by atoms with Crippen molar-refractivity contribution in [2.24, 2.45) is 5.92 Å². The normalized spacial score (nSPS) is 19.9. The van der Waals surface area contributed by atoms with E-state index in [-0.39, 0.29) is 5.91 Å². The smallest absolute Gasteiger partial charge is 0.233 e. The van der Waals surface area contributed by atoms with Gasteiger partial charge in [-0.2, -0.15) is 0 Å². The number of likely N-dealkylation sites (tertiary alicyclic amines) is 1. The van der Waals surface area contributed by atoms with E-state index >= 15 is 0 Å². The first-order valence-electron chi connectivity index (χ1n) is 9.68. The van der Waals surface area contributed by atoms with Crippen LogP contribution in [0.25, 0.3) is 15.9 Å². The number of carbonyl (C=O) groups is 1. The highest BCUT2D eigenvalue weighted by Gasteiger charge is 2.25. The minimum absolute atomic E-state index is 0.197. The first-order valence-corrected chi connectivity index (χ1v) is 11.5. The number of carbonyl (C=O) groups excluding carboxylic acids is 1. The molecule has 0 saturated carbocycles. The fourth-order valence-electron chi connectivity index (χ4n) is 4.24. The number of aryl methyl sites for hydroxylation is 2. The van der Waals surface area contributed by atoms with Gasteiger partial charge in [0.05, 0.1) is 11.1 Å². The zero-order valence-corrected chi connectivity index (χ0v) is 17.3. The first kappa shape index (κ1) is 17.4. The Balaban J connectivity index is 1.51. The molecule has 0 radical (unpaired) electrons. The molecule has 1 atom stereocenters. The monoisotopic (exact) mass is 401 g/mol. The van der Waals surface area contributed by atoms with Crippen LogP contribution in [0.5, 0.6) is 0 Å². The average molecular weight is 402 g/mol. The lowest BCUT2D eigenvalue weighted by atomic mass is 9.89. The largest absolute Gasteiger partial charge is 0.342 e. The molecule has 1 fully saturated rings. The summed E-state index contributed by atoms with van der Waals surface area (Å²) in [5, 5.41) is 10.9. The number of thiophene rings is 1. The SMILES string of the molecule is Cc1nc2sc3c(c2c2nnc(SCC(=O)N4CCCC4)n12)CCC(C)C3. The second-order valence-electron chi connectivity index (χ2n) is 7.71. The lowest BCUT2D eigenvalue weighted by Gasteiger charge is -2.17. The van der Waals surface area contributed by atoms with Crippen LogP contribution in [0.3, 0.4) is 0 Å². The first-order chi connectivity index (χ1) is 13.1. The molecule has 3 aromatic rings. The highest BCUT2D eigenvalue weighted by molar-refractivity contribution is 7.99. The molecule has 27 heavy (non-hydrogen) atoms. The summed E-state index contributed by atoms with van der Waals surface area (Å²) in [7, 11) is 0. The Kier molecular flexibility index (Phi) is 4.35. The third-order valence-electron chi connectivity index (χ3n) is 5.72. The Labute approximate surface area is 166 Å². The van der Waals surface area contributed by atoms with Crippen molar-refractivity contribution in [2.75, 3.05) is 18.8 Å². The van der Waals surface area contributed by atoms with E-state index in [0.29, 0.717) is 5.75 Å². The van der Waals surface area contributed by atoms with Crippen LogP contribution in [-0.4, -0.2) is 49.2 Å². The Morgan fingerprint density at radius 3 is 2.93 bits per heavy atom. The fraction of sp³-hybridized carbons (Fsp3) is 0.579. The third-order valence-corrected chi connectivity index (χ3v) is 7.78. The summed E-state index contributed by atoms with van der Waals surface area (Å²) in [4.78, 5) is 21.7. The summed E-state index contributed by atoms with van der Waals surface area (Å²) in [6.45, 7) is 6.11. The van der Waals surface area contributed by atoms with Crippen LogP contribution in [-0.2, 0) is 17.6 Å². The van der Waals surface area contributed by atoms with Crippen LogP contribution in [0.4, 0.5) is 0 Å². The topological polar surface area (TPSA) is 63.4 Å². The van der Waals surface area contributed by atoms with Crippen molar-refractivity contribution in [3.05, 3.63) is 16.3 Å². The molecule has 1 aliphatic carbocycles. The summed E-state index contributed by atoms with van der Waals surface area (Å²) in [5.74, 6) is 2.24. The second-order valence-corrected chi connectivity index (χ2v) is 9.74. The van der Waals surface area contributed by atoms with Crippen LogP contribution < -0.4 is 0 Å². The van der Waals surface area contributed by atoms with Gasteiger partial charge in [0.25, 0.3) is 0 Å². The summed E-state index contributed by atoms with van der Waals surface area (Å²) in [6.07, 6.45) is 5.70. The molecule has 1 amide bonds. The van der Waals surface area contributed by atoms with Crippen molar-refractivity contribution >= 4 is 44.9 Å². The molecular weight excluding hydrogens is 378 g/mol. The van der Waals surface area contributed by atoms with Gasteiger partial charge in [0.15, 0.2) is 10.8 Å². The summed E-state index contributed by atoms with van der Waals surface area (Å²) >= 11 is 3.29. The molecule has 8 heteroatoms. The van der Waals surface area contributed by atoms with E-state index in [9.17, 15) is 4.79 Å². The number of hydrogen-bond donors (Lipinski definition) is 0. The zero-order chi connectivity index (χ0) is 18.5. The van der Waals surface area contributed by atoms with Crippen molar-refractivity contribution < 1.29 is 4.79 Å². The van der Waals surface area contributed by atoms with Gasteiger partial charge in [-0.25, -0.2) is 4.98 Å². The molecule has 1 aliphatic heterocycles. The van der Waals surface area contributed by atoms with Gasteiger partial charge in [-0.05, 0) is 50.5 Å². The van der Waals surface area contributed by atoms with Crippen molar-refractivity contribution in [1.82, 2.24) is 24.5 Å². The lowest BCUT2D eigenvalue weighted by molar-refractivity contribution is -0.127. The summed E-state index contributed by atoms with van der Waals surface area (Å²) in [5.41, 5.74) is 2.32. The van der Waals surface area contributed by atoms with E-state index in [1.807, 2.05) is 27.6 Å². The molecule has 0 spiro atoms. The molecule has 142 valence electrons. The van der Waals surface area contributed by atoms with Crippen molar-refractivity contribution in [3.63, 3.8) is 0 Å². The molecule has 1 unspecified atom stereocenters. The summed E-state index contributed by atoms with van der Waals surface area (Å²) < 4.78 is 2.04. The number of aromatic nitrogens is 4. The number of thioether (sulfide) groups is 1. The lowest BCUT2D eigenvalue weighted by Crippen LogP contribution is -2.29. The number of hydrogen-bond acceptors (Lipinski definition) is 6. The van der Waals surface area contributed by atoms with Gasteiger partial charge in [0.2, 0.25) is 5.91 Å². The second kappa shape index (κ2) is 6.74. The molecule has 6 nitrogen and oxygen atoms in total. The van der Waals surface area contributed by atoms with Crippen molar-refractivity contribution in [2.45, 2.75) is 51.1 Å². The van der Waals surface area contributed by atoms with E-state index in [1.54, 1.807) is 0 Å². The quantitative estimate of drug-likeness (QED) is 0.629. The van der Waals surface area contributed by atoms with Gasteiger partial charge >= 0.3 is 0 Å². The molecular formula is C19H23N5OS2. The number of fused-ring (bicyclic) bond motifs is 5. The number of rotatable bonds is 3. The van der Waals surface area contributed by atoms with Gasteiger partial charge in [0.1, 0.15) is 10.7 Å². The highest BCUT2D eigenvalue weighted by atomic mass is 32.2. The molecule has 3 aromatic heterocycles. The molecule has 0 aromatic carbocycles. The van der Waals surface area contributed by atoms with Crippen molar-refractivity contribution in [3.8, 4) is 0 Å². The van der Waals surface area contributed by atoms with Crippen LogP contribution in [0.1, 0.15) is 42.5 Å². The minimum atomic E-state index is 0.197. The van der Waals surface area contributed by atoms with Crippen LogP contribution in [0.2, 0.25) is 0 Å². The zero-order valence-electron chi connectivity index (χ0n) is 15.7. The van der Waals surface area contributed by atoms with Crippen LogP contribution in [0, 0.1) is 12.8 Å².